The average molecular weight is 336 g/mol. The molecule has 2 N–H and O–H groups in total. The van der Waals surface area contributed by atoms with E-state index in [-0.39, 0.29) is 12.1 Å². The highest BCUT2D eigenvalue weighted by molar-refractivity contribution is 7.10. The van der Waals surface area contributed by atoms with Crippen LogP contribution >= 0.6 is 22.7 Å². The predicted octanol–water partition coefficient (Wildman–Crippen LogP) is 3.67. The molecule has 1 aliphatic carbocycles. The SMILES string of the molecule is CC(C)c1nc(CNC(=O)N[C@@H](c2nccs2)C2CC2)cs1. The topological polar surface area (TPSA) is 66.9 Å². The van der Waals surface area contributed by atoms with Crippen LogP contribution in [0.25, 0.3) is 0 Å². The third kappa shape index (κ3) is 3.84. The van der Waals surface area contributed by atoms with E-state index in [4.69, 9.17) is 0 Å². The van der Waals surface area contributed by atoms with E-state index in [0.717, 1.165) is 28.6 Å². The molecule has 1 fully saturated rings. The van der Waals surface area contributed by atoms with Gasteiger partial charge in [-0.05, 0) is 18.8 Å². The minimum atomic E-state index is -0.147. The van der Waals surface area contributed by atoms with Crippen LogP contribution in [0.15, 0.2) is 17.0 Å². The third-order valence-electron chi connectivity index (χ3n) is 3.59. The van der Waals surface area contributed by atoms with Gasteiger partial charge in [-0.1, -0.05) is 13.8 Å². The Labute approximate surface area is 138 Å². The smallest absolute Gasteiger partial charge is 0.315 e. The summed E-state index contributed by atoms with van der Waals surface area (Å²) in [4.78, 5) is 21.0. The lowest BCUT2D eigenvalue weighted by atomic mass is 10.2. The Morgan fingerprint density at radius 1 is 1.36 bits per heavy atom. The van der Waals surface area contributed by atoms with Crippen molar-refractivity contribution in [3.63, 3.8) is 0 Å². The number of nitrogens with one attached hydrogen (secondary N) is 2. The van der Waals surface area contributed by atoms with Gasteiger partial charge >= 0.3 is 6.03 Å². The van der Waals surface area contributed by atoms with Gasteiger partial charge in [0.1, 0.15) is 5.01 Å². The highest BCUT2D eigenvalue weighted by Crippen LogP contribution is 2.41. The Morgan fingerprint density at radius 2 is 2.18 bits per heavy atom. The number of nitrogens with zero attached hydrogens (tertiary/aromatic N) is 2. The van der Waals surface area contributed by atoms with Crippen LogP contribution in [0.2, 0.25) is 0 Å². The van der Waals surface area contributed by atoms with Crippen LogP contribution in [0.1, 0.15) is 54.4 Å². The molecule has 2 aromatic heterocycles. The molecular weight excluding hydrogens is 316 g/mol. The summed E-state index contributed by atoms with van der Waals surface area (Å²) in [7, 11) is 0. The summed E-state index contributed by atoms with van der Waals surface area (Å²) in [5, 5.41) is 12.0. The van der Waals surface area contributed by atoms with E-state index >= 15 is 0 Å². The van der Waals surface area contributed by atoms with Crippen molar-refractivity contribution in [3.05, 3.63) is 32.7 Å². The fourth-order valence-electron chi connectivity index (χ4n) is 2.23. The number of aromatic nitrogens is 2. The molecule has 2 amide bonds. The second kappa shape index (κ2) is 6.75. The lowest BCUT2D eigenvalue weighted by Gasteiger charge is -2.16. The van der Waals surface area contributed by atoms with E-state index in [2.05, 4.69) is 34.4 Å². The van der Waals surface area contributed by atoms with Crippen molar-refractivity contribution < 1.29 is 4.79 Å². The molecule has 0 spiro atoms. The molecule has 0 radical (unpaired) electrons. The molecule has 5 nitrogen and oxygen atoms in total. The van der Waals surface area contributed by atoms with Crippen molar-refractivity contribution >= 4 is 28.7 Å². The quantitative estimate of drug-likeness (QED) is 0.846. The minimum absolute atomic E-state index is 0.0432. The normalized spacial score (nSPS) is 15.8. The molecule has 0 unspecified atom stereocenters. The van der Waals surface area contributed by atoms with E-state index in [9.17, 15) is 4.79 Å². The number of rotatable bonds is 6. The molecule has 0 aromatic carbocycles. The summed E-state index contributed by atoms with van der Waals surface area (Å²) in [6.45, 7) is 4.71. The van der Waals surface area contributed by atoms with Gasteiger partial charge in [-0.2, -0.15) is 0 Å². The van der Waals surface area contributed by atoms with Crippen molar-refractivity contribution in [1.82, 2.24) is 20.6 Å². The van der Waals surface area contributed by atoms with E-state index < -0.39 is 0 Å². The van der Waals surface area contributed by atoms with Gasteiger partial charge in [-0.25, -0.2) is 14.8 Å². The second-order valence-corrected chi connectivity index (χ2v) is 7.66. The van der Waals surface area contributed by atoms with Crippen LogP contribution in [0, 0.1) is 5.92 Å². The molecule has 2 heterocycles. The molecule has 1 aliphatic rings. The maximum Gasteiger partial charge on any atom is 0.315 e. The Hall–Kier alpha value is -1.47. The monoisotopic (exact) mass is 336 g/mol. The maximum atomic E-state index is 12.1. The molecule has 3 rings (SSSR count). The molecule has 0 saturated heterocycles. The van der Waals surface area contributed by atoms with Crippen LogP contribution in [-0.4, -0.2) is 16.0 Å². The van der Waals surface area contributed by atoms with Gasteiger partial charge in [-0.3, -0.25) is 0 Å². The number of hydrogen-bond donors (Lipinski definition) is 2. The van der Waals surface area contributed by atoms with Gasteiger partial charge in [0, 0.05) is 22.9 Å². The van der Waals surface area contributed by atoms with E-state index in [0.29, 0.717) is 18.4 Å². The van der Waals surface area contributed by atoms with E-state index in [1.54, 1.807) is 28.9 Å². The zero-order valence-corrected chi connectivity index (χ0v) is 14.3. The maximum absolute atomic E-state index is 12.1. The zero-order valence-electron chi connectivity index (χ0n) is 12.7. The van der Waals surface area contributed by atoms with Crippen molar-refractivity contribution in [2.45, 2.75) is 45.2 Å². The lowest BCUT2D eigenvalue weighted by Crippen LogP contribution is -2.38. The van der Waals surface area contributed by atoms with Crippen molar-refractivity contribution in [2.75, 3.05) is 0 Å². The molecule has 7 heteroatoms. The zero-order chi connectivity index (χ0) is 15.5. The minimum Gasteiger partial charge on any atom is -0.332 e. The number of thiazole rings is 2. The van der Waals surface area contributed by atoms with E-state index in [1.807, 2.05) is 10.8 Å². The first kappa shape index (κ1) is 15.4. The number of amides is 2. The lowest BCUT2D eigenvalue weighted by molar-refractivity contribution is 0.235. The van der Waals surface area contributed by atoms with Crippen LogP contribution in [-0.2, 0) is 6.54 Å². The van der Waals surface area contributed by atoms with Gasteiger partial charge in [-0.15, -0.1) is 22.7 Å². The molecule has 22 heavy (non-hydrogen) atoms. The largest absolute Gasteiger partial charge is 0.332 e. The molecule has 118 valence electrons. The summed E-state index contributed by atoms with van der Waals surface area (Å²) in [5.41, 5.74) is 0.918. The second-order valence-electron chi connectivity index (χ2n) is 5.84. The van der Waals surface area contributed by atoms with Crippen LogP contribution < -0.4 is 10.6 Å². The van der Waals surface area contributed by atoms with Gasteiger partial charge < -0.3 is 10.6 Å². The van der Waals surface area contributed by atoms with Crippen LogP contribution in [0.3, 0.4) is 0 Å². The highest BCUT2D eigenvalue weighted by atomic mass is 32.1. The number of carbonyl (C=O) groups excluding carboxylic acids is 1. The summed E-state index contributed by atoms with van der Waals surface area (Å²) in [6.07, 6.45) is 4.11. The first-order chi connectivity index (χ1) is 10.6. The van der Waals surface area contributed by atoms with Crippen LogP contribution in [0.5, 0.6) is 0 Å². The van der Waals surface area contributed by atoms with Gasteiger partial charge in [0.25, 0.3) is 0 Å². The Morgan fingerprint density at radius 3 is 2.77 bits per heavy atom. The van der Waals surface area contributed by atoms with Gasteiger partial charge in [0.05, 0.1) is 23.3 Å². The molecular formula is C15H20N4OS2. The number of carbonyl (C=O) groups is 1. The van der Waals surface area contributed by atoms with Crippen molar-refractivity contribution in [2.24, 2.45) is 5.92 Å². The van der Waals surface area contributed by atoms with Gasteiger partial charge in [0.2, 0.25) is 0 Å². The van der Waals surface area contributed by atoms with Crippen LogP contribution in [0.4, 0.5) is 4.79 Å². The first-order valence-electron chi connectivity index (χ1n) is 7.51. The molecule has 0 bridgehead atoms. The standard InChI is InChI=1S/C15H20N4OS2/c1-9(2)13-18-11(8-22-13)7-17-15(20)19-12(10-3-4-10)14-16-5-6-21-14/h5-6,8-10,12H,3-4,7H2,1-2H3,(H2,17,19,20)/t12-/m1/s1. The summed E-state index contributed by atoms with van der Waals surface area (Å²) >= 11 is 3.24. The van der Waals surface area contributed by atoms with Crippen molar-refractivity contribution in [3.8, 4) is 0 Å². The molecule has 2 aromatic rings. The fourth-order valence-corrected chi connectivity index (χ4v) is 3.85. The molecule has 1 atom stereocenters. The summed E-state index contributed by atoms with van der Waals surface area (Å²) < 4.78 is 0. The summed E-state index contributed by atoms with van der Waals surface area (Å²) in [6, 6.07) is -0.104. The number of urea groups is 1. The Bertz CT molecular complexity index is 619. The first-order valence-corrected chi connectivity index (χ1v) is 9.27. The molecule has 1 saturated carbocycles. The Balaban J connectivity index is 1.53. The average Bonchev–Trinajstić information content (AvgIpc) is 3.01. The highest BCUT2D eigenvalue weighted by Gasteiger charge is 2.34. The Kier molecular flexibility index (Phi) is 4.73. The third-order valence-corrected chi connectivity index (χ3v) is 5.64. The van der Waals surface area contributed by atoms with Gasteiger partial charge in [0.15, 0.2) is 0 Å². The van der Waals surface area contributed by atoms with Crippen molar-refractivity contribution in [1.29, 1.82) is 0 Å². The van der Waals surface area contributed by atoms with E-state index in [1.165, 1.54) is 0 Å². The fraction of sp³-hybridized carbons (Fsp3) is 0.533. The summed E-state index contributed by atoms with van der Waals surface area (Å²) in [5.74, 6) is 0.959. The predicted molar refractivity (Wildman–Crippen MR) is 89.2 cm³/mol. The molecule has 0 aliphatic heterocycles. The number of hydrogen-bond acceptors (Lipinski definition) is 5.